The van der Waals surface area contributed by atoms with Gasteiger partial charge in [-0.05, 0) is 56.0 Å². The molecule has 3 aromatic carbocycles. The molecule has 10 nitrogen and oxygen atoms in total. The molecular formula is C31H30O10. The largest absolute Gasteiger partial charge is 0.507 e. The lowest BCUT2D eigenvalue weighted by Gasteiger charge is -2.39. The second-order valence-electron chi connectivity index (χ2n) is 10.2. The fourth-order valence-corrected chi connectivity index (χ4v) is 5.21. The maximum atomic E-state index is 13.6. The first-order valence-corrected chi connectivity index (χ1v) is 13.3. The van der Waals surface area contributed by atoms with Gasteiger partial charge < -0.3 is 34.6 Å². The fourth-order valence-electron chi connectivity index (χ4n) is 5.21. The summed E-state index contributed by atoms with van der Waals surface area (Å²) in [4.78, 5) is 38.6. The van der Waals surface area contributed by atoms with Gasteiger partial charge in [0.05, 0.1) is 11.7 Å². The van der Waals surface area contributed by atoms with Gasteiger partial charge in [0.15, 0.2) is 11.6 Å². The van der Waals surface area contributed by atoms with E-state index in [1.807, 2.05) is 30.3 Å². The third-order valence-corrected chi connectivity index (χ3v) is 7.36. The Kier molecular flexibility index (Phi) is 7.92. The number of ketones is 2. The van der Waals surface area contributed by atoms with Crippen LogP contribution in [0.5, 0.6) is 17.2 Å². The van der Waals surface area contributed by atoms with Crippen molar-refractivity contribution < 1.29 is 49.0 Å². The Balaban J connectivity index is 1.55. The van der Waals surface area contributed by atoms with E-state index in [-0.39, 0.29) is 45.7 Å². The van der Waals surface area contributed by atoms with Gasteiger partial charge in [-0.15, -0.1) is 0 Å². The van der Waals surface area contributed by atoms with E-state index in [2.05, 4.69) is 0 Å². The number of aliphatic hydroxyl groups excluding tert-OH is 3. The first-order valence-electron chi connectivity index (χ1n) is 13.3. The van der Waals surface area contributed by atoms with E-state index in [0.29, 0.717) is 12.8 Å². The van der Waals surface area contributed by atoms with Crippen LogP contribution in [0.3, 0.4) is 0 Å². The summed E-state index contributed by atoms with van der Waals surface area (Å²) in [5, 5.41) is 42.3. The topological polar surface area (TPSA) is 160 Å². The standard InChI is InChI=1S/C31H30O10/c1-15-25(33)29(37)30(38)31(39-15)41-23-14-22-24(28(36)20(23)10-6-9-17-7-4-3-5-8-17)27(35)19-12-11-18(40-16(2)32)13-21(19)26(22)34/h3-5,7-8,11-15,25,29-31,33,36-38H,6,9-10H2,1-2H3/t15-,25+,29+,30+,31+/m0/s1. The third-order valence-electron chi connectivity index (χ3n) is 7.36. The third kappa shape index (κ3) is 5.47. The summed E-state index contributed by atoms with van der Waals surface area (Å²) in [7, 11) is 0. The molecule has 4 N–H and O–H groups in total. The zero-order chi connectivity index (χ0) is 29.4. The molecule has 0 unspecified atom stereocenters. The fraction of sp³-hybridized carbons (Fsp3) is 0.323. The lowest BCUT2D eigenvalue weighted by molar-refractivity contribution is -0.268. The van der Waals surface area contributed by atoms with E-state index in [1.165, 1.54) is 38.1 Å². The summed E-state index contributed by atoms with van der Waals surface area (Å²) in [6.07, 6.45) is -5.45. The highest BCUT2D eigenvalue weighted by Crippen LogP contribution is 2.42. The first kappa shape index (κ1) is 28.4. The van der Waals surface area contributed by atoms with Crippen molar-refractivity contribution in [2.24, 2.45) is 0 Å². The Morgan fingerprint density at radius 3 is 2.32 bits per heavy atom. The van der Waals surface area contributed by atoms with Gasteiger partial charge in [0, 0.05) is 29.2 Å². The van der Waals surface area contributed by atoms with E-state index in [4.69, 9.17) is 14.2 Å². The number of rotatable bonds is 7. The number of aryl methyl sites for hydroxylation is 1. The molecule has 1 aliphatic heterocycles. The number of esters is 1. The Bertz CT molecular complexity index is 1500. The molecule has 5 atom stereocenters. The van der Waals surface area contributed by atoms with Crippen LogP contribution in [0.4, 0.5) is 0 Å². The van der Waals surface area contributed by atoms with Crippen LogP contribution in [0, 0.1) is 0 Å². The van der Waals surface area contributed by atoms with Crippen molar-refractivity contribution >= 4 is 17.5 Å². The van der Waals surface area contributed by atoms with Crippen molar-refractivity contribution in [1.29, 1.82) is 0 Å². The Morgan fingerprint density at radius 2 is 1.61 bits per heavy atom. The van der Waals surface area contributed by atoms with E-state index in [0.717, 1.165) is 5.56 Å². The number of benzene rings is 3. The van der Waals surface area contributed by atoms with E-state index >= 15 is 0 Å². The maximum Gasteiger partial charge on any atom is 0.308 e. The summed E-state index contributed by atoms with van der Waals surface area (Å²) < 4.78 is 16.6. The molecule has 0 amide bonds. The van der Waals surface area contributed by atoms with Gasteiger partial charge in [0.1, 0.15) is 35.6 Å². The van der Waals surface area contributed by atoms with Crippen molar-refractivity contribution in [2.75, 3.05) is 0 Å². The number of hydrogen-bond acceptors (Lipinski definition) is 10. The van der Waals surface area contributed by atoms with Gasteiger partial charge >= 0.3 is 5.97 Å². The van der Waals surface area contributed by atoms with Crippen LogP contribution in [-0.4, -0.2) is 68.7 Å². The number of aromatic hydroxyl groups is 1. The van der Waals surface area contributed by atoms with Gasteiger partial charge in [-0.1, -0.05) is 30.3 Å². The lowest BCUT2D eigenvalue weighted by Crippen LogP contribution is -2.58. The molecule has 0 bridgehead atoms. The van der Waals surface area contributed by atoms with Crippen molar-refractivity contribution in [3.8, 4) is 17.2 Å². The molecule has 41 heavy (non-hydrogen) atoms. The molecule has 1 aliphatic carbocycles. The summed E-state index contributed by atoms with van der Waals surface area (Å²) in [6, 6.07) is 15.0. The highest BCUT2D eigenvalue weighted by atomic mass is 16.7. The minimum atomic E-state index is -1.64. The number of carbonyl (C=O) groups excluding carboxylic acids is 3. The Morgan fingerprint density at radius 1 is 0.878 bits per heavy atom. The van der Waals surface area contributed by atoms with Crippen molar-refractivity contribution in [2.45, 2.75) is 63.8 Å². The minimum absolute atomic E-state index is 0.00968. The van der Waals surface area contributed by atoms with Gasteiger partial charge in [-0.3, -0.25) is 14.4 Å². The van der Waals surface area contributed by atoms with Crippen LogP contribution in [-0.2, 0) is 22.4 Å². The average molecular weight is 563 g/mol. The molecule has 2 aliphatic rings. The van der Waals surface area contributed by atoms with E-state index in [1.54, 1.807) is 0 Å². The van der Waals surface area contributed by atoms with E-state index in [9.17, 15) is 34.8 Å². The van der Waals surface area contributed by atoms with Crippen molar-refractivity contribution in [3.63, 3.8) is 0 Å². The van der Waals surface area contributed by atoms with Gasteiger partial charge in [-0.2, -0.15) is 0 Å². The Hall–Kier alpha value is -4.09. The van der Waals surface area contributed by atoms with Crippen LogP contribution in [0.1, 0.15) is 63.2 Å². The van der Waals surface area contributed by atoms with Crippen LogP contribution >= 0.6 is 0 Å². The highest BCUT2D eigenvalue weighted by Gasteiger charge is 2.44. The Labute approximate surface area is 235 Å². The second-order valence-corrected chi connectivity index (χ2v) is 10.2. The summed E-state index contributed by atoms with van der Waals surface area (Å²) >= 11 is 0. The lowest BCUT2D eigenvalue weighted by atomic mass is 9.81. The van der Waals surface area contributed by atoms with E-state index < -0.39 is 54.0 Å². The summed E-state index contributed by atoms with van der Waals surface area (Å²) in [5.74, 6) is -2.15. The number of phenolic OH excluding ortho intramolecular Hbond substituents is 1. The quantitative estimate of drug-likeness (QED) is 0.195. The molecule has 0 spiro atoms. The molecular weight excluding hydrogens is 532 g/mol. The number of carbonyl (C=O) groups is 3. The zero-order valence-electron chi connectivity index (χ0n) is 22.4. The zero-order valence-corrected chi connectivity index (χ0v) is 22.4. The molecule has 3 aromatic rings. The van der Waals surface area contributed by atoms with Crippen LogP contribution in [0.15, 0.2) is 54.6 Å². The molecule has 0 aromatic heterocycles. The predicted molar refractivity (Wildman–Crippen MR) is 144 cm³/mol. The molecule has 1 saturated heterocycles. The number of fused-ring (bicyclic) bond motifs is 2. The average Bonchev–Trinajstić information content (AvgIpc) is 2.95. The first-order chi connectivity index (χ1) is 19.6. The van der Waals surface area contributed by atoms with Gasteiger partial charge in [0.25, 0.3) is 0 Å². The number of aliphatic hydroxyl groups is 3. The minimum Gasteiger partial charge on any atom is -0.507 e. The van der Waals surface area contributed by atoms with Crippen molar-refractivity contribution in [3.05, 3.63) is 88.0 Å². The molecule has 1 fully saturated rings. The van der Waals surface area contributed by atoms with Crippen LogP contribution in [0.25, 0.3) is 0 Å². The molecule has 0 saturated carbocycles. The normalized spacial score (nSPS) is 23.5. The number of phenols is 1. The monoisotopic (exact) mass is 562 g/mol. The van der Waals surface area contributed by atoms with Gasteiger partial charge in [-0.25, -0.2) is 0 Å². The molecule has 214 valence electrons. The summed E-state index contributed by atoms with van der Waals surface area (Å²) in [6.45, 7) is 2.71. The van der Waals surface area contributed by atoms with Crippen molar-refractivity contribution in [1.82, 2.24) is 0 Å². The highest BCUT2D eigenvalue weighted by molar-refractivity contribution is 6.29. The van der Waals surface area contributed by atoms with Crippen LogP contribution < -0.4 is 9.47 Å². The smallest absolute Gasteiger partial charge is 0.308 e. The number of ether oxygens (including phenoxy) is 3. The summed E-state index contributed by atoms with van der Waals surface area (Å²) in [5.41, 5.74) is 1.01. The maximum absolute atomic E-state index is 13.6. The molecule has 5 rings (SSSR count). The number of hydrogen-bond donors (Lipinski definition) is 4. The molecule has 10 heteroatoms. The molecule has 0 radical (unpaired) electrons. The predicted octanol–water partition coefficient (Wildman–Crippen LogP) is 2.47. The second kappa shape index (κ2) is 11.4. The van der Waals surface area contributed by atoms with Gasteiger partial charge in [0.2, 0.25) is 6.29 Å². The van der Waals surface area contributed by atoms with Crippen LogP contribution in [0.2, 0.25) is 0 Å². The molecule has 1 heterocycles. The SMILES string of the molecule is CC(=O)Oc1ccc2c(c1)C(=O)c1cc(O[C@H]3O[C@@H](C)[C@@H](O)[C@@H](O)[C@H]3O)c(CCCc3ccccc3)c(O)c1C2=O.